The first kappa shape index (κ1) is 13.9. The fourth-order valence-electron chi connectivity index (χ4n) is 1.69. The summed E-state index contributed by atoms with van der Waals surface area (Å²) in [5.41, 5.74) is 0.956. The van der Waals surface area contributed by atoms with Gasteiger partial charge >= 0.3 is 5.97 Å². The summed E-state index contributed by atoms with van der Waals surface area (Å²) in [6.45, 7) is 3.84. The fraction of sp³-hybridized carbons (Fsp3) is 0.231. The van der Waals surface area contributed by atoms with Gasteiger partial charge in [-0.2, -0.15) is 5.10 Å². The minimum atomic E-state index is -1.04. The maximum absolute atomic E-state index is 11.3. The third-order valence-corrected chi connectivity index (χ3v) is 3.24. The van der Waals surface area contributed by atoms with Crippen molar-refractivity contribution in [1.82, 2.24) is 9.78 Å². The average Bonchev–Trinajstić information content (AvgIpc) is 2.77. The number of aromatic nitrogens is 2. The van der Waals surface area contributed by atoms with Crippen molar-refractivity contribution in [3.63, 3.8) is 0 Å². The predicted octanol–water partition coefficient (Wildman–Crippen LogP) is 4.14. The number of carboxylic acids is 1. The second-order valence-corrected chi connectivity index (χ2v) is 5.24. The molecule has 0 fully saturated rings. The van der Waals surface area contributed by atoms with E-state index < -0.39 is 5.97 Å². The van der Waals surface area contributed by atoms with Gasteiger partial charge in [-0.3, -0.25) is 4.68 Å². The molecular formula is C13H12Cl2N2O2. The summed E-state index contributed by atoms with van der Waals surface area (Å²) in [7, 11) is 0. The van der Waals surface area contributed by atoms with E-state index in [1.165, 1.54) is 6.20 Å². The van der Waals surface area contributed by atoms with Gasteiger partial charge < -0.3 is 5.11 Å². The van der Waals surface area contributed by atoms with Crippen molar-refractivity contribution in [2.45, 2.75) is 19.9 Å². The molecule has 1 aromatic heterocycles. The highest BCUT2D eigenvalue weighted by Gasteiger charge is 2.20. The van der Waals surface area contributed by atoms with Gasteiger partial charge in [-0.25, -0.2) is 4.79 Å². The first-order chi connectivity index (χ1) is 8.90. The maximum Gasteiger partial charge on any atom is 0.339 e. The average molecular weight is 299 g/mol. The Morgan fingerprint density at radius 3 is 2.63 bits per heavy atom. The van der Waals surface area contributed by atoms with Crippen molar-refractivity contribution in [2.75, 3.05) is 0 Å². The zero-order valence-electron chi connectivity index (χ0n) is 10.4. The van der Waals surface area contributed by atoms with Crippen LogP contribution in [0.1, 0.15) is 30.2 Å². The Labute approximate surface area is 120 Å². The van der Waals surface area contributed by atoms with E-state index in [0.29, 0.717) is 21.3 Å². The van der Waals surface area contributed by atoms with E-state index in [2.05, 4.69) is 5.10 Å². The Bertz CT molecular complexity index is 636. The van der Waals surface area contributed by atoms with E-state index in [9.17, 15) is 9.90 Å². The van der Waals surface area contributed by atoms with Crippen LogP contribution in [0.4, 0.5) is 0 Å². The molecule has 2 aromatic rings. The van der Waals surface area contributed by atoms with Crippen LogP contribution in [0.25, 0.3) is 11.3 Å². The molecule has 0 atom stereocenters. The fourth-order valence-corrected chi connectivity index (χ4v) is 2.07. The molecule has 0 aliphatic rings. The standard InChI is InChI=1S/C13H12Cl2N2O2/c1-7(2)17-6-10(13(18)19)12(16-17)9-5-8(14)3-4-11(9)15/h3-7H,1-2H3,(H,18,19). The van der Waals surface area contributed by atoms with E-state index in [4.69, 9.17) is 23.2 Å². The summed E-state index contributed by atoms with van der Waals surface area (Å²) < 4.78 is 1.59. The quantitative estimate of drug-likeness (QED) is 0.926. The first-order valence-electron chi connectivity index (χ1n) is 5.68. The van der Waals surface area contributed by atoms with Gasteiger partial charge in [-0.1, -0.05) is 23.2 Å². The van der Waals surface area contributed by atoms with Crippen LogP contribution in [0.2, 0.25) is 10.0 Å². The molecule has 1 aromatic carbocycles. The van der Waals surface area contributed by atoms with Gasteiger partial charge in [0.15, 0.2) is 0 Å². The molecule has 0 bridgehead atoms. The van der Waals surface area contributed by atoms with Gasteiger partial charge in [-0.15, -0.1) is 0 Å². The molecule has 100 valence electrons. The lowest BCUT2D eigenvalue weighted by Gasteiger charge is -2.05. The molecule has 0 spiro atoms. The highest BCUT2D eigenvalue weighted by Crippen LogP contribution is 2.32. The molecule has 2 rings (SSSR count). The summed E-state index contributed by atoms with van der Waals surface area (Å²) in [5, 5.41) is 14.4. The molecule has 0 amide bonds. The molecule has 0 aliphatic heterocycles. The van der Waals surface area contributed by atoms with E-state index in [1.807, 2.05) is 13.8 Å². The van der Waals surface area contributed by atoms with Gasteiger partial charge in [0.25, 0.3) is 0 Å². The molecule has 0 unspecified atom stereocenters. The van der Waals surface area contributed by atoms with Gasteiger partial charge in [0, 0.05) is 22.8 Å². The lowest BCUT2D eigenvalue weighted by molar-refractivity contribution is 0.0697. The number of nitrogens with zero attached hydrogens (tertiary/aromatic N) is 2. The van der Waals surface area contributed by atoms with Crippen LogP contribution < -0.4 is 0 Å². The Morgan fingerprint density at radius 2 is 2.05 bits per heavy atom. The lowest BCUT2D eigenvalue weighted by atomic mass is 10.1. The van der Waals surface area contributed by atoms with Crippen molar-refractivity contribution in [1.29, 1.82) is 0 Å². The zero-order valence-corrected chi connectivity index (χ0v) is 11.9. The second-order valence-electron chi connectivity index (χ2n) is 4.39. The molecular weight excluding hydrogens is 287 g/mol. The van der Waals surface area contributed by atoms with Crippen LogP contribution in [0, 0.1) is 0 Å². The summed E-state index contributed by atoms with van der Waals surface area (Å²) in [6, 6.07) is 4.94. The number of rotatable bonds is 3. The van der Waals surface area contributed by atoms with Crippen LogP contribution in [-0.4, -0.2) is 20.9 Å². The first-order valence-corrected chi connectivity index (χ1v) is 6.43. The SMILES string of the molecule is CC(C)n1cc(C(=O)O)c(-c2cc(Cl)ccc2Cl)n1. The summed E-state index contributed by atoms with van der Waals surface area (Å²) >= 11 is 12.0. The summed E-state index contributed by atoms with van der Waals surface area (Å²) in [5.74, 6) is -1.04. The molecule has 1 N–H and O–H groups in total. The Morgan fingerprint density at radius 1 is 1.37 bits per heavy atom. The summed E-state index contributed by atoms with van der Waals surface area (Å²) in [4.78, 5) is 11.3. The smallest absolute Gasteiger partial charge is 0.339 e. The van der Waals surface area contributed by atoms with Crippen LogP contribution in [0.5, 0.6) is 0 Å². The Balaban J connectivity index is 2.66. The van der Waals surface area contributed by atoms with Crippen molar-refractivity contribution < 1.29 is 9.90 Å². The number of carboxylic acid groups (broad SMARTS) is 1. The van der Waals surface area contributed by atoms with Crippen LogP contribution >= 0.6 is 23.2 Å². The van der Waals surface area contributed by atoms with Gasteiger partial charge in [0.2, 0.25) is 0 Å². The number of carbonyl (C=O) groups is 1. The van der Waals surface area contributed by atoms with Crippen molar-refractivity contribution in [2.24, 2.45) is 0 Å². The third kappa shape index (κ3) is 2.74. The molecule has 1 heterocycles. The monoisotopic (exact) mass is 298 g/mol. The van der Waals surface area contributed by atoms with Crippen LogP contribution in [0.15, 0.2) is 24.4 Å². The van der Waals surface area contributed by atoms with Gasteiger partial charge in [-0.05, 0) is 32.0 Å². The third-order valence-electron chi connectivity index (χ3n) is 2.67. The van der Waals surface area contributed by atoms with Crippen molar-refractivity contribution in [3.8, 4) is 11.3 Å². The number of hydrogen-bond acceptors (Lipinski definition) is 2. The number of aromatic carboxylic acids is 1. The highest BCUT2D eigenvalue weighted by atomic mass is 35.5. The number of benzene rings is 1. The summed E-state index contributed by atoms with van der Waals surface area (Å²) in [6.07, 6.45) is 1.50. The van der Waals surface area contributed by atoms with Gasteiger partial charge in [0.1, 0.15) is 11.3 Å². The topological polar surface area (TPSA) is 55.1 Å². The van der Waals surface area contributed by atoms with Crippen molar-refractivity contribution >= 4 is 29.2 Å². The maximum atomic E-state index is 11.3. The molecule has 0 saturated carbocycles. The largest absolute Gasteiger partial charge is 0.478 e. The van der Waals surface area contributed by atoms with E-state index in [0.717, 1.165) is 0 Å². The minimum absolute atomic E-state index is 0.0600. The minimum Gasteiger partial charge on any atom is -0.478 e. The normalized spacial score (nSPS) is 11.0. The number of hydrogen-bond donors (Lipinski definition) is 1. The lowest BCUT2D eigenvalue weighted by Crippen LogP contribution is -2.00. The van der Waals surface area contributed by atoms with E-state index in [-0.39, 0.29) is 11.6 Å². The predicted molar refractivity (Wildman–Crippen MR) is 75.0 cm³/mol. The molecule has 0 radical (unpaired) electrons. The molecule has 19 heavy (non-hydrogen) atoms. The molecule has 6 heteroatoms. The van der Waals surface area contributed by atoms with Crippen LogP contribution in [0.3, 0.4) is 0 Å². The molecule has 4 nitrogen and oxygen atoms in total. The van der Waals surface area contributed by atoms with Crippen molar-refractivity contribution in [3.05, 3.63) is 40.0 Å². The molecule has 0 saturated heterocycles. The highest BCUT2D eigenvalue weighted by molar-refractivity contribution is 6.35. The number of halogens is 2. The van der Waals surface area contributed by atoms with Crippen LogP contribution in [-0.2, 0) is 0 Å². The van der Waals surface area contributed by atoms with Gasteiger partial charge in [0.05, 0.1) is 5.02 Å². The second kappa shape index (κ2) is 5.23. The Kier molecular flexibility index (Phi) is 3.83. The molecule has 0 aliphatic carbocycles. The van der Waals surface area contributed by atoms with E-state index in [1.54, 1.807) is 22.9 Å². The zero-order chi connectivity index (χ0) is 14.2. The van der Waals surface area contributed by atoms with E-state index >= 15 is 0 Å². The Hall–Kier alpha value is -1.52.